The summed E-state index contributed by atoms with van der Waals surface area (Å²) in [6.07, 6.45) is 2.54. The zero-order valence-electron chi connectivity index (χ0n) is 12.1. The van der Waals surface area contributed by atoms with E-state index < -0.39 is 0 Å². The summed E-state index contributed by atoms with van der Waals surface area (Å²) in [5.74, 6) is 5.82. The third-order valence-electron chi connectivity index (χ3n) is 3.55. The summed E-state index contributed by atoms with van der Waals surface area (Å²) in [5, 5.41) is 0. The molecule has 0 saturated carbocycles. The Hall–Kier alpha value is -1.37. The summed E-state index contributed by atoms with van der Waals surface area (Å²) in [7, 11) is 0. The number of nitrogen functional groups attached to an aromatic ring is 1. The first kappa shape index (κ1) is 15.0. The van der Waals surface area contributed by atoms with Crippen molar-refractivity contribution in [3.63, 3.8) is 0 Å². The minimum atomic E-state index is -0.389. The van der Waals surface area contributed by atoms with Crippen LogP contribution in [0.5, 0.6) is 0 Å². The number of hydrazine groups is 1. The number of piperidine rings is 1. The SMILES string of the molecule is CCOC1CCCN(Cc2cc(C)c(C(=O)NN)o2)C1. The molecule has 20 heavy (non-hydrogen) atoms. The summed E-state index contributed by atoms with van der Waals surface area (Å²) >= 11 is 0. The molecule has 6 heteroatoms. The average molecular weight is 281 g/mol. The zero-order valence-corrected chi connectivity index (χ0v) is 12.1. The van der Waals surface area contributed by atoms with Crippen molar-refractivity contribution >= 4 is 5.91 Å². The Bertz CT molecular complexity index is 457. The molecule has 0 aromatic carbocycles. The van der Waals surface area contributed by atoms with E-state index in [1.807, 2.05) is 19.9 Å². The van der Waals surface area contributed by atoms with Gasteiger partial charge in [0, 0.05) is 18.7 Å². The first-order chi connectivity index (χ1) is 9.63. The summed E-state index contributed by atoms with van der Waals surface area (Å²) in [6, 6.07) is 1.90. The topological polar surface area (TPSA) is 80.7 Å². The quantitative estimate of drug-likeness (QED) is 0.481. The molecular formula is C14H23N3O3. The van der Waals surface area contributed by atoms with Gasteiger partial charge in [-0.1, -0.05) is 0 Å². The van der Waals surface area contributed by atoms with Gasteiger partial charge in [-0.3, -0.25) is 15.1 Å². The van der Waals surface area contributed by atoms with Crippen LogP contribution in [0.3, 0.4) is 0 Å². The number of nitrogens with two attached hydrogens (primary N) is 1. The Kier molecular flexibility index (Phi) is 5.17. The van der Waals surface area contributed by atoms with Gasteiger partial charge >= 0.3 is 5.91 Å². The van der Waals surface area contributed by atoms with E-state index in [0.29, 0.717) is 18.4 Å². The van der Waals surface area contributed by atoms with Crippen molar-refractivity contribution in [3.8, 4) is 0 Å². The van der Waals surface area contributed by atoms with Crippen molar-refractivity contribution in [1.82, 2.24) is 10.3 Å². The summed E-state index contributed by atoms with van der Waals surface area (Å²) in [5.41, 5.74) is 2.90. The summed E-state index contributed by atoms with van der Waals surface area (Å²) in [6.45, 7) is 7.25. The predicted molar refractivity (Wildman–Crippen MR) is 75.0 cm³/mol. The maximum Gasteiger partial charge on any atom is 0.301 e. The van der Waals surface area contributed by atoms with Crippen molar-refractivity contribution in [1.29, 1.82) is 0 Å². The van der Waals surface area contributed by atoms with E-state index in [1.165, 1.54) is 0 Å². The van der Waals surface area contributed by atoms with E-state index in [9.17, 15) is 4.79 Å². The lowest BCUT2D eigenvalue weighted by Gasteiger charge is -2.31. The second-order valence-corrected chi connectivity index (χ2v) is 5.15. The van der Waals surface area contributed by atoms with E-state index in [4.69, 9.17) is 15.0 Å². The standard InChI is InChI=1S/C14H23N3O3/c1-3-19-11-5-4-6-17(8-11)9-12-7-10(2)13(20-12)14(18)16-15/h7,11H,3-6,8-9,15H2,1-2H3,(H,16,18). The van der Waals surface area contributed by atoms with Gasteiger partial charge in [0.05, 0.1) is 12.6 Å². The van der Waals surface area contributed by atoms with Gasteiger partial charge in [0.2, 0.25) is 0 Å². The summed E-state index contributed by atoms with van der Waals surface area (Å²) in [4.78, 5) is 13.8. The Labute approximate surface area is 119 Å². The molecule has 1 aliphatic heterocycles. The molecule has 1 unspecified atom stereocenters. The smallest absolute Gasteiger partial charge is 0.301 e. The molecule has 1 atom stereocenters. The van der Waals surface area contributed by atoms with Crippen molar-refractivity contribution in [2.24, 2.45) is 5.84 Å². The van der Waals surface area contributed by atoms with Crippen LogP contribution in [0.15, 0.2) is 10.5 Å². The zero-order chi connectivity index (χ0) is 14.5. The van der Waals surface area contributed by atoms with Gasteiger partial charge in [0.1, 0.15) is 5.76 Å². The van der Waals surface area contributed by atoms with Crippen molar-refractivity contribution in [3.05, 3.63) is 23.2 Å². The Morgan fingerprint density at radius 3 is 3.15 bits per heavy atom. The maximum atomic E-state index is 11.5. The van der Waals surface area contributed by atoms with Crippen LogP contribution >= 0.6 is 0 Å². The minimum Gasteiger partial charge on any atom is -0.454 e. The van der Waals surface area contributed by atoms with Gasteiger partial charge in [-0.15, -0.1) is 0 Å². The molecule has 2 heterocycles. The Morgan fingerprint density at radius 2 is 2.45 bits per heavy atom. The molecule has 3 N–H and O–H groups in total. The number of hydrogen-bond donors (Lipinski definition) is 2. The number of hydrogen-bond acceptors (Lipinski definition) is 5. The normalized spacial score (nSPS) is 20.1. The lowest BCUT2D eigenvalue weighted by atomic mass is 10.1. The first-order valence-corrected chi connectivity index (χ1v) is 7.08. The number of amides is 1. The highest BCUT2D eigenvalue weighted by molar-refractivity contribution is 5.92. The molecular weight excluding hydrogens is 258 g/mol. The number of furan rings is 1. The molecule has 1 aromatic rings. The largest absolute Gasteiger partial charge is 0.454 e. The van der Waals surface area contributed by atoms with Crippen molar-refractivity contribution in [2.45, 2.75) is 39.3 Å². The predicted octanol–water partition coefficient (Wildman–Crippen LogP) is 1.19. The Balaban J connectivity index is 1.97. The van der Waals surface area contributed by atoms with Gasteiger partial charge in [-0.05, 0) is 39.3 Å². The number of ether oxygens (including phenoxy) is 1. The van der Waals surface area contributed by atoms with Gasteiger partial charge < -0.3 is 9.15 Å². The molecule has 0 aliphatic carbocycles. The molecule has 1 aliphatic rings. The number of likely N-dealkylation sites (tertiary alicyclic amines) is 1. The fraction of sp³-hybridized carbons (Fsp3) is 0.643. The fourth-order valence-electron chi connectivity index (χ4n) is 2.67. The third kappa shape index (κ3) is 3.59. The fourth-order valence-corrected chi connectivity index (χ4v) is 2.67. The van der Waals surface area contributed by atoms with Gasteiger partial charge in [-0.25, -0.2) is 5.84 Å². The lowest BCUT2D eigenvalue weighted by Crippen LogP contribution is -2.39. The van der Waals surface area contributed by atoms with Crippen LogP contribution in [-0.2, 0) is 11.3 Å². The highest BCUT2D eigenvalue weighted by Gasteiger charge is 2.22. The van der Waals surface area contributed by atoms with Gasteiger partial charge in [0.25, 0.3) is 0 Å². The van der Waals surface area contributed by atoms with Gasteiger partial charge in [-0.2, -0.15) is 0 Å². The number of carbonyl (C=O) groups is 1. The first-order valence-electron chi connectivity index (χ1n) is 7.08. The van der Waals surface area contributed by atoms with E-state index in [0.717, 1.165) is 43.9 Å². The molecule has 1 fully saturated rings. The molecule has 0 spiro atoms. The lowest BCUT2D eigenvalue weighted by molar-refractivity contribution is 0.00192. The number of nitrogens with one attached hydrogen (secondary N) is 1. The van der Waals surface area contributed by atoms with Crippen LogP contribution in [0.1, 0.15) is 41.6 Å². The molecule has 2 rings (SSSR count). The highest BCUT2D eigenvalue weighted by Crippen LogP contribution is 2.19. The summed E-state index contributed by atoms with van der Waals surface area (Å²) < 4.78 is 11.3. The van der Waals surface area contributed by atoms with Crippen LogP contribution in [0.4, 0.5) is 0 Å². The molecule has 6 nitrogen and oxygen atoms in total. The van der Waals surface area contributed by atoms with E-state index in [-0.39, 0.29) is 5.91 Å². The van der Waals surface area contributed by atoms with E-state index in [1.54, 1.807) is 0 Å². The van der Waals surface area contributed by atoms with Crippen LogP contribution in [0.2, 0.25) is 0 Å². The molecule has 1 aromatic heterocycles. The number of carbonyl (C=O) groups excluding carboxylic acids is 1. The van der Waals surface area contributed by atoms with Gasteiger partial charge in [0.15, 0.2) is 5.76 Å². The average Bonchev–Trinajstić information content (AvgIpc) is 2.79. The van der Waals surface area contributed by atoms with Crippen molar-refractivity contribution in [2.75, 3.05) is 19.7 Å². The van der Waals surface area contributed by atoms with Crippen LogP contribution in [-0.4, -0.2) is 36.6 Å². The molecule has 1 amide bonds. The number of aryl methyl sites for hydroxylation is 1. The number of rotatable bonds is 5. The molecule has 1 saturated heterocycles. The maximum absolute atomic E-state index is 11.5. The van der Waals surface area contributed by atoms with Crippen molar-refractivity contribution < 1.29 is 13.9 Å². The monoisotopic (exact) mass is 281 g/mol. The van der Waals surface area contributed by atoms with Crippen LogP contribution < -0.4 is 11.3 Å². The highest BCUT2D eigenvalue weighted by atomic mass is 16.5. The Morgan fingerprint density at radius 1 is 1.65 bits per heavy atom. The molecule has 0 bridgehead atoms. The van der Waals surface area contributed by atoms with Crippen LogP contribution in [0.25, 0.3) is 0 Å². The number of nitrogens with zero attached hydrogens (tertiary/aromatic N) is 1. The molecule has 112 valence electrons. The minimum absolute atomic E-state index is 0.292. The molecule has 0 radical (unpaired) electrons. The van der Waals surface area contributed by atoms with Crippen LogP contribution in [0, 0.1) is 6.92 Å². The third-order valence-corrected chi connectivity index (χ3v) is 3.55. The second-order valence-electron chi connectivity index (χ2n) is 5.15. The van der Waals surface area contributed by atoms with E-state index >= 15 is 0 Å². The second kappa shape index (κ2) is 6.88. The van der Waals surface area contributed by atoms with E-state index in [2.05, 4.69) is 10.3 Å².